The van der Waals surface area contributed by atoms with Crippen LogP contribution in [0.25, 0.3) is 11.0 Å². The molecule has 6 nitrogen and oxygen atoms in total. The summed E-state index contributed by atoms with van der Waals surface area (Å²) in [5.74, 6) is -0.174. The Balaban J connectivity index is 2.03. The van der Waals surface area contributed by atoms with Crippen molar-refractivity contribution in [2.45, 2.75) is 46.1 Å². The van der Waals surface area contributed by atoms with Gasteiger partial charge >= 0.3 is 11.6 Å². The maximum Gasteiger partial charge on any atom is 0.336 e. The number of hydrogen-bond acceptors (Lipinski definition) is 6. The van der Waals surface area contributed by atoms with E-state index < -0.39 is 5.63 Å². The molecule has 1 fully saturated rings. The Hall–Kier alpha value is -2.34. The SMILES string of the molecule is CCOC(=O)CCc1cc2c(C)cc(=O)oc2c(CN2CCCC2)c1O. The highest BCUT2D eigenvalue weighted by molar-refractivity contribution is 5.86. The van der Waals surface area contributed by atoms with E-state index in [0.717, 1.165) is 36.9 Å². The topological polar surface area (TPSA) is 80.0 Å². The lowest BCUT2D eigenvalue weighted by atomic mass is 9.98. The first-order valence-electron chi connectivity index (χ1n) is 9.15. The highest BCUT2D eigenvalue weighted by Crippen LogP contribution is 2.34. The van der Waals surface area contributed by atoms with Gasteiger partial charge in [0.15, 0.2) is 0 Å². The van der Waals surface area contributed by atoms with Crippen molar-refractivity contribution < 1.29 is 19.1 Å². The number of rotatable bonds is 6. The number of fused-ring (bicyclic) bond motifs is 1. The summed E-state index contributed by atoms with van der Waals surface area (Å²) in [6, 6.07) is 3.27. The molecule has 3 rings (SSSR count). The lowest BCUT2D eigenvalue weighted by Gasteiger charge is -2.19. The molecule has 0 saturated carbocycles. The van der Waals surface area contributed by atoms with Crippen molar-refractivity contribution in [2.75, 3.05) is 19.7 Å². The first-order chi connectivity index (χ1) is 12.5. The molecule has 140 valence electrons. The van der Waals surface area contributed by atoms with E-state index in [-0.39, 0.29) is 18.1 Å². The summed E-state index contributed by atoms with van der Waals surface area (Å²) in [6.07, 6.45) is 2.84. The van der Waals surface area contributed by atoms with Gasteiger partial charge in [-0.3, -0.25) is 9.69 Å². The number of aryl methyl sites for hydroxylation is 2. The van der Waals surface area contributed by atoms with Gasteiger partial charge in [0.05, 0.1) is 12.2 Å². The zero-order valence-corrected chi connectivity index (χ0v) is 15.3. The van der Waals surface area contributed by atoms with Crippen molar-refractivity contribution >= 4 is 16.9 Å². The van der Waals surface area contributed by atoms with E-state index in [1.165, 1.54) is 6.07 Å². The highest BCUT2D eigenvalue weighted by atomic mass is 16.5. The first-order valence-corrected chi connectivity index (χ1v) is 9.15. The number of phenols is 1. The predicted octanol–water partition coefficient (Wildman–Crippen LogP) is 2.90. The first kappa shape index (κ1) is 18.5. The second-order valence-electron chi connectivity index (χ2n) is 6.78. The van der Waals surface area contributed by atoms with Crippen LogP contribution in [0.2, 0.25) is 0 Å². The van der Waals surface area contributed by atoms with Gasteiger partial charge in [-0.1, -0.05) is 0 Å². The van der Waals surface area contributed by atoms with Crippen LogP contribution >= 0.6 is 0 Å². The van der Waals surface area contributed by atoms with Crippen LogP contribution in [0.3, 0.4) is 0 Å². The molecule has 6 heteroatoms. The summed E-state index contributed by atoms with van der Waals surface area (Å²) in [5, 5.41) is 11.6. The molecule has 0 unspecified atom stereocenters. The largest absolute Gasteiger partial charge is 0.507 e. The third-order valence-electron chi connectivity index (χ3n) is 4.87. The van der Waals surface area contributed by atoms with E-state index in [1.807, 2.05) is 13.0 Å². The fourth-order valence-electron chi connectivity index (χ4n) is 3.54. The molecule has 2 heterocycles. The van der Waals surface area contributed by atoms with Crippen LogP contribution in [0.4, 0.5) is 0 Å². The molecule has 0 atom stereocenters. The summed E-state index contributed by atoms with van der Waals surface area (Å²) in [7, 11) is 0. The molecule has 1 aliphatic rings. The number of aromatic hydroxyl groups is 1. The van der Waals surface area contributed by atoms with Crippen molar-refractivity contribution in [3.8, 4) is 5.75 Å². The fourth-order valence-corrected chi connectivity index (χ4v) is 3.54. The van der Waals surface area contributed by atoms with E-state index in [9.17, 15) is 14.7 Å². The molecule has 1 aromatic carbocycles. The van der Waals surface area contributed by atoms with Crippen LogP contribution < -0.4 is 5.63 Å². The fraction of sp³-hybridized carbons (Fsp3) is 0.500. The van der Waals surface area contributed by atoms with Crippen LogP contribution in [0.5, 0.6) is 5.75 Å². The minimum absolute atomic E-state index is 0.113. The molecule has 2 aromatic rings. The van der Waals surface area contributed by atoms with Gasteiger partial charge in [0.25, 0.3) is 0 Å². The zero-order chi connectivity index (χ0) is 18.7. The lowest BCUT2D eigenvalue weighted by Crippen LogP contribution is -2.19. The Morgan fingerprint density at radius 3 is 2.73 bits per heavy atom. The summed E-state index contributed by atoms with van der Waals surface area (Å²) < 4.78 is 10.4. The van der Waals surface area contributed by atoms with Crippen molar-refractivity contribution in [1.82, 2.24) is 4.90 Å². The number of carbonyl (C=O) groups is 1. The molecular weight excluding hydrogens is 334 g/mol. The van der Waals surface area contributed by atoms with Gasteiger partial charge in [0.1, 0.15) is 11.3 Å². The average molecular weight is 359 g/mol. The Kier molecular flexibility index (Phi) is 5.61. The maximum absolute atomic E-state index is 11.9. The Bertz CT molecular complexity index is 865. The number of hydrogen-bond donors (Lipinski definition) is 1. The van der Waals surface area contributed by atoms with E-state index in [2.05, 4.69) is 4.90 Å². The van der Waals surface area contributed by atoms with Gasteiger partial charge in [-0.05, 0) is 63.4 Å². The molecule has 1 N–H and O–H groups in total. The number of carbonyl (C=O) groups excluding carboxylic acids is 1. The summed E-state index contributed by atoms with van der Waals surface area (Å²) in [4.78, 5) is 25.8. The lowest BCUT2D eigenvalue weighted by molar-refractivity contribution is -0.143. The second kappa shape index (κ2) is 7.91. The molecule has 0 amide bonds. The van der Waals surface area contributed by atoms with Gasteiger partial charge in [-0.2, -0.15) is 0 Å². The quantitative estimate of drug-likeness (QED) is 0.631. The predicted molar refractivity (Wildman–Crippen MR) is 98.4 cm³/mol. The summed E-state index contributed by atoms with van der Waals surface area (Å²) in [6.45, 7) is 6.42. The molecule has 1 aliphatic heterocycles. The zero-order valence-electron chi connectivity index (χ0n) is 15.3. The number of nitrogens with zero attached hydrogens (tertiary/aromatic N) is 1. The molecular formula is C20H25NO5. The van der Waals surface area contributed by atoms with Gasteiger partial charge in [0.2, 0.25) is 0 Å². The second-order valence-corrected chi connectivity index (χ2v) is 6.78. The van der Waals surface area contributed by atoms with Crippen molar-refractivity contribution in [3.05, 3.63) is 39.2 Å². The van der Waals surface area contributed by atoms with Crippen LogP contribution in [-0.4, -0.2) is 35.7 Å². The normalized spacial score (nSPS) is 14.8. The van der Waals surface area contributed by atoms with Crippen molar-refractivity contribution in [3.63, 3.8) is 0 Å². The monoisotopic (exact) mass is 359 g/mol. The van der Waals surface area contributed by atoms with Crippen molar-refractivity contribution in [2.24, 2.45) is 0 Å². The van der Waals surface area contributed by atoms with Gasteiger partial charge < -0.3 is 14.3 Å². The van der Waals surface area contributed by atoms with Gasteiger partial charge in [-0.15, -0.1) is 0 Å². The highest BCUT2D eigenvalue weighted by Gasteiger charge is 2.21. The molecule has 0 aliphatic carbocycles. The van der Waals surface area contributed by atoms with E-state index in [1.54, 1.807) is 6.92 Å². The molecule has 0 radical (unpaired) electrons. The third kappa shape index (κ3) is 3.90. The molecule has 0 bridgehead atoms. The average Bonchev–Trinajstić information content (AvgIpc) is 3.10. The number of likely N-dealkylation sites (tertiary alicyclic amines) is 1. The number of esters is 1. The van der Waals surface area contributed by atoms with Crippen LogP contribution in [0.1, 0.15) is 42.9 Å². The summed E-state index contributed by atoms with van der Waals surface area (Å²) >= 11 is 0. The van der Waals surface area contributed by atoms with Crippen molar-refractivity contribution in [1.29, 1.82) is 0 Å². The van der Waals surface area contributed by atoms with E-state index in [4.69, 9.17) is 9.15 Å². The van der Waals surface area contributed by atoms with Crippen LogP contribution in [0.15, 0.2) is 21.3 Å². The maximum atomic E-state index is 11.9. The smallest absolute Gasteiger partial charge is 0.336 e. The molecule has 0 spiro atoms. The van der Waals surface area contributed by atoms with E-state index in [0.29, 0.717) is 36.3 Å². The third-order valence-corrected chi connectivity index (χ3v) is 4.87. The summed E-state index contributed by atoms with van der Waals surface area (Å²) in [5.41, 5.74) is 2.13. The standard InChI is InChI=1S/C20H25NO5/c1-3-25-17(22)7-6-14-11-15-13(2)10-18(23)26-20(15)16(19(14)24)12-21-8-4-5-9-21/h10-11,24H,3-9,12H2,1-2H3. The number of phenolic OH excluding ortho intramolecular Hbond substituents is 1. The van der Waals surface area contributed by atoms with Crippen LogP contribution in [-0.2, 0) is 22.5 Å². The Labute approximate surface area is 152 Å². The van der Waals surface area contributed by atoms with Gasteiger partial charge in [-0.25, -0.2) is 4.79 Å². The van der Waals surface area contributed by atoms with E-state index >= 15 is 0 Å². The minimum Gasteiger partial charge on any atom is -0.507 e. The Morgan fingerprint density at radius 1 is 1.31 bits per heavy atom. The minimum atomic E-state index is -0.420. The molecule has 1 aromatic heterocycles. The molecule has 26 heavy (non-hydrogen) atoms. The van der Waals surface area contributed by atoms with Gasteiger partial charge in [0, 0.05) is 24.4 Å². The Morgan fingerprint density at radius 2 is 2.04 bits per heavy atom. The number of benzene rings is 1. The molecule has 1 saturated heterocycles. The van der Waals surface area contributed by atoms with Crippen LogP contribution in [0, 0.1) is 6.92 Å². The number of ether oxygens (including phenoxy) is 1.